The van der Waals surface area contributed by atoms with E-state index in [4.69, 9.17) is 28.4 Å². The van der Waals surface area contributed by atoms with Gasteiger partial charge in [-0.05, 0) is 264 Å². The van der Waals surface area contributed by atoms with Gasteiger partial charge in [0.25, 0.3) is 0 Å². The lowest BCUT2D eigenvalue weighted by molar-refractivity contribution is 0.452. The highest BCUT2D eigenvalue weighted by atomic mass is 16.5. The van der Waals surface area contributed by atoms with Crippen LogP contribution in [0.25, 0.3) is 97.0 Å². The second-order valence-electron chi connectivity index (χ2n) is 35.6. The lowest BCUT2D eigenvalue weighted by Gasteiger charge is -2.37. The van der Waals surface area contributed by atoms with Crippen LogP contribution < -0.4 is 28.4 Å². The molecule has 22 aromatic rings. The molecule has 0 aliphatic carbocycles. The first-order valence-electron chi connectivity index (χ1n) is 44.4. The third-order valence-corrected chi connectivity index (χ3v) is 28.8. The van der Waals surface area contributed by atoms with Crippen LogP contribution in [0.15, 0.2) is 370 Å². The van der Waals surface area contributed by atoms with Crippen LogP contribution in [0.3, 0.4) is 0 Å². The summed E-state index contributed by atoms with van der Waals surface area (Å²) in [6.45, 7) is 0. The van der Waals surface area contributed by atoms with Crippen molar-refractivity contribution in [1.82, 2.24) is 0 Å². The highest BCUT2D eigenvalue weighted by Gasteiger charge is 2.44. The van der Waals surface area contributed by atoms with Gasteiger partial charge in [0.15, 0.2) is 0 Å². The Hall–Kier alpha value is -17.0. The van der Waals surface area contributed by atoms with Crippen molar-refractivity contribution in [1.29, 1.82) is 0 Å². The molecule has 22 aromatic carbocycles. The molecule has 131 heavy (non-hydrogen) atoms. The van der Waals surface area contributed by atoms with E-state index in [-0.39, 0.29) is 46.5 Å². The molecular formula is C120H72O11. The summed E-state index contributed by atoms with van der Waals surface area (Å²) in [6, 6.07) is 127. The molecule has 6 unspecified atom stereocenters. The Kier molecular flexibility index (Phi) is 15.4. The summed E-state index contributed by atoms with van der Waals surface area (Å²) in [4.78, 5) is 0. The maximum absolute atomic E-state index is 11.7. The molecular weight excluding hydrogens is 1620 g/mol. The Morgan fingerprint density at radius 2 is 0.298 bits per heavy atom. The Labute approximate surface area is 749 Å². The molecule has 0 radical (unpaired) electrons. The molecule has 0 saturated heterocycles. The maximum atomic E-state index is 11.7. The summed E-state index contributed by atoms with van der Waals surface area (Å²) in [5.74, 6) is 6.26. The molecule has 0 aromatic heterocycles. The van der Waals surface area contributed by atoms with Gasteiger partial charge >= 0.3 is 0 Å². The van der Waals surface area contributed by atoms with Crippen molar-refractivity contribution < 1.29 is 54.0 Å². The van der Waals surface area contributed by atoms with E-state index in [1.807, 2.05) is 109 Å². The first kappa shape index (κ1) is 73.2. The summed E-state index contributed by atoms with van der Waals surface area (Å²) in [7, 11) is 0. The van der Waals surface area contributed by atoms with Gasteiger partial charge in [0.1, 0.15) is 97.7 Å². The number of phenolic OH excluding ortho intramolecular Hbond substituents is 5. The zero-order valence-corrected chi connectivity index (χ0v) is 69.9. The van der Waals surface area contributed by atoms with E-state index in [2.05, 4.69) is 231 Å². The molecule has 618 valence electrons. The number of hydrogen-bond acceptors (Lipinski definition) is 11. The molecule has 0 amide bonds. The van der Waals surface area contributed by atoms with Crippen LogP contribution in [0, 0.1) is 0 Å². The van der Waals surface area contributed by atoms with E-state index in [1.54, 1.807) is 30.3 Å². The number of rotatable bonds is 6. The molecule has 6 aliphatic heterocycles. The minimum absolute atomic E-state index is 0.130. The second-order valence-corrected chi connectivity index (χ2v) is 35.6. The fourth-order valence-corrected chi connectivity index (χ4v) is 23.5. The average Bonchev–Trinajstić information content (AvgIpc) is 0.705. The first-order valence-corrected chi connectivity index (χ1v) is 44.4. The fraction of sp³-hybridized carbons (Fsp3) is 0.0500. The Balaban J connectivity index is 0.771. The molecule has 11 nitrogen and oxygen atoms in total. The molecule has 6 heterocycles. The predicted molar refractivity (Wildman–Crippen MR) is 516 cm³/mol. The van der Waals surface area contributed by atoms with Gasteiger partial charge in [-0.2, -0.15) is 0 Å². The zero-order chi connectivity index (χ0) is 86.4. The summed E-state index contributed by atoms with van der Waals surface area (Å²) >= 11 is 0. The molecule has 0 saturated carbocycles. The van der Waals surface area contributed by atoms with Crippen molar-refractivity contribution in [3.05, 3.63) is 470 Å². The normalized spacial score (nSPS) is 16.8. The zero-order valence-electron chi connectivity index (χ0n) is 69.9. The van der Waals surface area contributed by atoms with E-state index in [9.17, 15) is 25.5 Å². The molecule has 6 atom stereocenters. The molecule has 0 fully saturated rings. The number of ether oxygens (including phenoxy) is 6. The number of aromatic hydroxyl groups is 5. The van der Waals surface area contributed by atoms with Crippen molar-refractivity contribution in [2.45, 2.75) is 35.5 Å². The third kappa shape index (κ3) is 10.8. The van der Waals surface area contributed by atoms with E-state index in [0.29, 0.717) is 34.5 Å². The van der Waals surface area contributed by atoms with Gasteiger partial charge in [0, 0.05) is 102 Å². The molecule has 28 rings (SSSR count). The summed E-state index contributed by atoms with van der Waals surface area (Å²) < 4.78 is 44.6. The summed E-state index contributed by atoms with van der Waals surface area (Å²) in [6.07, 6.45) is 0. The summed E-state index contributed by atoms with van der Waals surface area (Å²) in [5, 5.41) is 73.7. The lowest BCUT2D eigenvalue weighted by Crippen LogP contribution is -2.19. The number of phenols is 5. The van der Waals surface area contributed by atoms with Crippen molar-refractivity contribution in [3.8, 4) is 97.7 Å². The van der Waals surface area contributed by atoms with E-state index < -0.39 is 17.8 Å². The van der Waals surface area contributed by atoms with Crippen LogP contribution in [-0.4, -0.2) is 25.5 Å². The second kappa shape index (κ2) is 27.5. The summed E-state index contributed by atoms with van der Waals surface area (Å²) in [5.41, 5.74) is 17.6. The van der Waals surface area contributed by atoms with Gasteiger partial charge in [0.05, 0.1) is 0 Å². The van der Waals surface area contributed by atoms with Crippen LogP contribution in [0.4, 0.5) is 0 Å². The largest absolute Gasteiger partial charge is 0.508 e. The quantitative estimate of drug-likeness (QED) is 0.108. The molecule has 11 heteroatoms. The standard InChI is InChI=1S/C120H72O11/c121-74-26-31-80-66(57-74)21-43-92-110(80)103(63-13-4-1-5-14-63)115-85-36-51-100-118(88(85)39-48-97(115)127-92)106(109-79-19-11-10-12-62(79)20-42-91(109)126-100)71-54-72(107-113-83-34-29-77(124)60-69(83)24-46-95(113)130-101-52-37-86-89(119(101)107)40-49-98-116(86)104(64-15-6-2-7-16-64)111-81-32-27-75(122)58-67(81)22-44-93(111)128-98)56-73(55-71)108-114-84-35-30-78(125)61-70(84)25-47-96(114)131-102-53-38-87-90(120(102)108)41-50-99-117(87)105(65-17-8-3-9-18-65)112-82-33-28-76(123)59-68(82)23-45-94(112)129-99/h1-61,103-108,121-125H. The number of benzene rings is 22. The van der Waals surface area contributed by atoms with Crippen LogP contribution in [0.1, 0.15) is 136 Å². The monoisotopic (exact) mass is 1690 g/mol. The van der Waals surface area contributed by atoms with Crippen LogP contribution >= 0.6 is 0 Å². The van der Waals surface area contributed by atoms with Gasteiger partial charge < -0.3 is 54.0 Å². The topological polar surface area (TPSA) is 157 Å². The van der Waals surface area contributed by atoms with E-state index in [1.165, 1.54) is 0 Å². The Bertz CT molecular complexity index is 8500. The van der Waals surface area contributed by atoms with E-state index >= 15 is 0 Å². The first-order chi connectivity index (χ1) is 64.5. The maximum Gasteiger partial charge on any atom is 0.132 e. The fourth-order valence-electron chi connectivity index (χ4n) is 23.5. The number of fused-ring (bicyclic) bond motifs is 33. The van der Waals surface area contributed by atoms with Crippen molar-refractivity contribution >= 4 is 97.0 Å². The molecule has 0 spiro atoms. The number of hydrogen-bond donors (Lipinski definition) is 5. The third-order valence-electron chi connectivity index (χ3n) is 28.8. The van der Waals surface area contributed by atoms with Crippen molar-refractivity contribution in [2.75, 3.05) is 0 Å². The van der Waals surface area contributed by atoms with Crippen molar-refractivity contribution in [3.63, 3.8) is 0 Å². The van der Waals surface area contributed by atoms with Crippen molar-refractivity contribution in [2.24, 2.45) is 0 Å². The molecule has 0 bridgehead atoms. The molecule has 5 N–H and O–H groups in total. The van der Waals surface area contributed by atoms with E-state index in [0.717, 1.165) is 232 Å². The highest BCUT2D eigenvalue weighted by molar-refractivity contribution is 6.06. The minimum atomic E-state index is -0.659. The Morgan fingerprint density at radius 3 is 0.527 bits per heavy atom. The average molecular weight is 1690 g/mol. The smallest absolute Gasteiger partial charge is 0.132 e. The van der Waals surface area contributed by atoms with Gasteiger partial charge in [-0.25, -0.2) is 0 Å². The van der Waals surface area contributed by atoms with Gasteiger partial charge in [-0.15, -0.1) is 0 Å². The Morgan fingerprint density at radius 1 is 0.130 bits per heavy atom. The van der Waals surface area contributed by atoms with Crippen LogP contribution in [0.5, 0.6) is 97.7 Å². The van der Waals surface area contributed by atoms with Crippen LogP contribution in [-0.2, 0) is 0 Å². The minimum Gasteiger partial charge on any atom is -0.508 e. The highest BCUT2D eigenvalue weighted by Crippen LogP contribution is 2.64. The van der Waals surface area contributed by atoms with Gasteiger partial charge in [-0.3, -0.25) is 0 Å². The predicted octanol–water partition coefficient (Wildman–Crippen LogP) is 30.3. The van der Waals surface area contributed by atoms with Gasteiger partial charge in [-0.1, -0.05) is 237 Å². The van der Waals surface area contributed by atoms with Gasteiger partial charge in [0.2, 0.25) is 0 Å². The lowest BCUT2D eigenvalue weighted by atomic mass is 9.71. The molecule has 6 aliphatic rings. The SMILES string of the molecule is Oc1ccc2c3c(ccc2c1)Oc1ccc2c4c(ccc2c1C3c1ccccc1)Oc1ccc2ccccc2c1C4c1cc(C2c3c(ccc4cc(O)ccc34)Oc3ccc4c5c(ccc4c32)Oc2ccc3cc(O)ccc3c2C5c2ccccc2)cc(C2c3c(ccc4cc(O)ccc34)Oc3ccc4c5c(ccc4c32)Oc2ccc3cc(O)ccc3c2C5c2ccccc2)c1. The van der Waals surface area contributed by atoms with Crippen LogP contribution in [0.2, 0.25) is 0 Å².